The van der Waals surface area contributed by atoms with Crippen LogP contribution in [0.5, 0.6) is 0 Å². The van der Waals surface area contributed by atoms with Gasteiger partial charge in [0.15, 0.2) is 0 Å². The van der Waals surface area contributed by atoms with Crippen LogP contribution in [-0.4, -0.2) is 18.8 Å². The minimum absolute atomic E-state index is 0. The third-order valence-electron chi connectivity index (χ3n) is 0. The van der Waals surface area contributed by atoms with E-state index in [0.29, 0.717) is 0 Å². The predicted octanol–water partition coefficient (Wildman–Crippen LogP) is -4.02. The Morgan fingerprint density at radius 1 is 1.50 bits per heavy atom. The zero-order valence-electron chi connectivity index (χ0n) is 4.56. The monoisotopic (exact) mass is 100 g/mol. The van der Waals surface area contributed by atoms with Crippen LogP contribution < -0.4 is 34.7 Å². The fourth-order valence-electron chi connectivity index (χ4n) is 0. The van der Waals surface area contributed by atoms with E-state index >= 15 is 0 Å². The first-order valence-corrected chi connectivity index (χ1v) is 1.43. The molecule has 0 aromatic carbocycles. The summed E-state index contributed by atoms with van der Waals surface area (Å²) in [4.78, 5) is 0. The molecule has 0 rings (SSSR count). The molecular weight excluding hydrogens is 91.0 g/mol. The molecule has 0 saturated carbocycles. The SMILES string of the molecule is CCO.C[O-].[Na+]. The quantitative estimate of drug-likeness (QED) is 0.315. The summed E-state index contributed by atoms with van der Waals surface area (Å²) in [5, 5.41) is 15.8. The molecule has 0 aromatic heterocycles. The van der Waals surface area contributed by atoms with E-state index in [2.05, 4.69) is 0 Å². The van der Waals surface area contributed by atoms with Gasteiger partial charge in [0.25, 0.3) is 0 Å². The summed E-state index contributed by atoms with van der Waals surface area (Å²) in [6, 6.07) is 0. The first-order chi connectivity index (χ1) is 2.41. The van der Waals surface area contributed by atoms with Gasteiger partial charge in [-0.05, 0) is 6.92 Å². The van der Waals surface area contributed by atoms with Gasteiger partial charge in [-0.25, -0.2) is 0 Å². The zero-order chi connectivity index (χ0) is 4.71. The third kappa shape index (κ3) is 89.3. The average molecular weight is 100 g/mol. The molecule has 0 heterocycles. The molecule has 0 aliphatic rings. The van der Waals surface area contributed by atoms with Crippen molar-refractivity contribution in [3.05, 3.63) is 0 Å². The van der Waals surface area contributed by atoms with Crippen LogP contribution in [0.15, 0.2) is 0 Å². The molecule has 0 aromatic rings. The molecule has 0 spiro atoms. The summed E-state index contributed by atoms with van der Waals surface area (Å²) in [7, 11) is 0.750. The van der Waals surface area contributed by atoms with Crippen molar-refractivity contribution in [3.8, 4) is 0 Å². The van der Waals surface area contributed by atoms with E-state index in [-0.39, 0.29) is 36.2 Å². The van der Waals surface area contributed by atoms with Crippen LogP contribution in [0.25, 0.3) is 0 Å². The van der Waals surface area contributed by atoms with Crippen molar-refractivity contribution in [1.29, 1.82) is 0 Å². The number of aliphatic hydroxyl groups excluding tert-OH is 1. The Balaban J connectivity index is -0.0000000275. The molecule has 0 aliphatic carbocycles. The second-order valence-corrected chi connectivity index (χ2v) is 0.316. The van der Waals surface area contributed by atoms with Crippen LogP contribution in [0.2, 0.25) is 0 Å². The molecule has 3 heteroatoms. The summed E-state index contributed by atoms with van der Waals surface area (Å²) < 4.78 is 0. The summed E-state index contributed by atoms with van der Waals surface area (Å²) >= 11 is 0. The van der Waals surface area contributed by atoms with E-state index in [1.807, 2.05) is 0 Å². The summed E-state index contributed by atoms with van der Waals surface area (Å²) in [6.45, 7) is 1.93. The Bertz CT molecular complexity index is 8.75. The van der Waals surface area contributed by atoms with Gasteiger partial charge in [-0.15, -0.1) is 0 Å². The summed E-state index contributed by atoms with van der Waals surface area (Å²) in [5.74, 6) is 0. The van der Waals surface area contributed by atoms with Crippen molar-refractivity contribution in [2.24, 2.45) is 0 Å². The Morgan fingerprint density at radius 2 is 1.50 bits per heavy atom. The fraction of sp³-hybridized carbons (Fsp3) is 1.00. The normalized spacial score (nSPS) is 4.00. The van der Waals surface area contributed by atoms with Crippen molar-refractivity contribution in [2.75, 3.05) is 13.7 Å². The molecule has 1 N–H and O–H groups in total. The van der Waals surface area contributed by atoms with E-state index in [1.54, 1.807) is 6.92 Å². The van der Waals surface area contributed by atoms with Crippen LogP contribution in [-0.2, 0) is 0 Å². The first kappa shape index (κ1) is 15.8. The Hall–Kier alpha value is 0.920. The van der Waals surface area contributed by atoms with Gasteiger partial charge >= 0.3 is 29.6 Å². The molecule has 0 bridgehead atoms. The Morgan fingerprint density at radius 3 is 1.50 bits per heavy atom. The van der Waals surface area contributed by atoms with E-state index in [4.69, 9.17) is 10.2 Å². The smallest absolute Gasteiger partial charge is 0.857 e. The van der Waals surface area contributed by atoms with Gasteiger partial charge in [-0.2, -0.15) is 7.11 Å². The van der Waals surface area contributed by atoms with E-state index in [9.17, 15) is 0 Å². The maximum Gasteiger partial charge on any atom is 1.00 e. The van der Waals surface area contributed by atoms with Gasteiger partial charge in [0.1, 0.15) is 0 Å². The van der Waals surface area contributed by atoms with E-state index in [0.717, 1.165) is 7.11 Å². The van der Waals surface area contributed by atoms with Gasteiger partial charge < -0.3 is 10.2 Å². The predicted molar refractivity (Wildman–Crippen MR) is 18.7 cm³/mol. The van der Waals surface area contributed by atoms with E-state index < -0.39 is 0 Å². The number of hydrogen-bond acceptors (Lipinski definition) is 2. The van der Waals surface area contributed by atoms with Gasteiger partial charge in [0.05, 0.1) is 0 Å². The van der Waals surface area contributed by atoms with Crippen molar-refractivity contribution in [3.63, 3.8) is 0 Å². The number of aliphatic hydroxyl groups is 1. The third-order valence-corrected chi connectivity index (χ3v) is 0. The Kier molecular flexibility index (Phi) is 102. The average Bonchev–Trinajstić information content (AvgIpc) is 1.46. The Labute approximate surface area is 60.5 Å². The standard InChI is InChI=1S/C2H6O.CH3O.Na/c1-2-3;1-2;/h3H,2H2,1H3;1H3;/q;-1;+1. The van der Waals surface area contributed by atoms with Crippen LogP contribution >= 0.6 is 0 Å². The van der Waals surface area contributed by atoms with Gasteiger partial charge in [0, 0.05) is 6.61 Å². The minimum atomic E-state index is 0. The molecule has 0 radical (unpaired) electrons. The molecule has 2 nitrogen and oxygen atoms in total. The number of rotatable bonds is 0. The number of hydrogen-bond donors (Lipinski definition) is 1. The first-order valence-electron chi connectivity index (χ1n) is 1.43. The summed E-state index contributed by atoms with van der Waals surface area (Å²) in [5.41, 5.74) is 0. The second kappa shape index (κ2) is 38.9. The van der Waals surface area contributed by atoms with Crippen LogP contribution in [0.4, 0.5) is 0 Å². The molecule has 0 amide bonds. The summed E-state index contributed by atoms with van der Waals surface area (Å²) in [6.07, 6.45) is 0. The maximum absolute atomic E-state index is 8.25. The minimum Gasteiger partial charge on any atom is -0.857 e. The molecule has 0 fully saturated rings. The van der Waals surface area contributed by atoms with Crippen LogP contribution in [0.1, 0.15) is 6.92 Å². The van der Waals surface area contributed by atoms with Gasteiger partial charge in [-0.3, -0.25) is 0 Å². The topological polar surface area (TPSA) is 43.3 Å². The molecule has 6 heavy (non-hydrogen) atoms. The molecular formula is C3H9NaO2. The molecule has 34 valence electrons. The molecule has 0 saturated heterocycles. The van der Waals surface area contributed by atoms with Crippen molar-refractivity contribution in [1.82, 2.24) is 0 Å². The van der Waals surface area contributed by atoms with Crippen molar-refractivity contribution < 1.29 is 39.8 Å². The van der Waals surface area contributed by atoms with Crippen molar-refractivity contribution in [2.45, 2.75) is 6.92 Å². The fourth-order valence-corrected chi connectivity index (χ4v) is 0. The largest absolute Gasteiger partial charge is 1.00 e. The van der Waals surface area contributed by atoms with Gasteiger partial charge in [0.2, 0.25) is 0 Å². The molecule has 0 unspecified atom stereocenters. The molecule has 0 atom stereocenters. The van der Waals surface area contributed by atoms with E-state index in [1.165, 1.54) is 0 Å². The molecule has 0 aliphatic heterocycles. The van der Waals surface area contributed by atoms with Gasteiger partial charge in [-0.1, -0.05) is 0 Å². The van der Waals surface area contributed by atoms with Crippen LogP contribution in [0, 0.1) is 0 Å². The second-order valence-electron chi connectivity index (χ2n) is 0.316. The van der Waals surface area contributed by atoms with Crippen molar-refractivity contribution >= 4 is 0 Å². The van der Waals surface area contributed by atoms with Crippen LogP contribution in [0.3, 0.4) is 0 Å². The maximum atomic E-state index is 8.25. The zero-order valence-corrected chi connectivity index (χ0v) is 6.56.